The van der Waals surface area contributed by atoms with Crippen LogP contribution in [0.4, 0.5) is 4.39 Å². The highest BCUT2D eigenvalue weighted by atomic mass is 19.1. The minimum atomic E-state index is -0.602. The minimum Gasteiger partial charge on any atom is -0.348 e. The van der Waals surface area contributed by atoms with Crippen LogP contribution in [0.1, 0.15) is 21.6 Å². The molecule has 2 aromatic rings. The van der Waals surface area contributed by atoms with Crippen LogP contribution < -0.4 is 5.32 Å². The van der Waals surface area contributed by atoms with E-state index in [4.69, 9.17) is 0 Å². The monoisotopic (exact) mass is 248 g/mol. The molecule has 0 saturated carbocycles. The summed E-state index contributed by atoms with van der Waals surface area (Å²) >= 11 is 0. The summed E-state index contributed by atoms with van der Waals surface area (Å²) in [6.07, 6.45) is 2.92. The molecule has 1 amide bonds. The van der Waals surface area contributed by atoms with Crippen molar-refractivity contribution in [1.82, 2.24) is 20.1 Å². The normalized spacial score (nSPS) is 10.4. The van der Waals surface area contributed by atoms with Crippen molar-refractivity contribution in [3.05, 3.63) is 47.3 Å². The molecular formula is C12H13FN4O. The smallest absolute Gasteiger partial charge is 0.253 e. The highest BCUT2D eigenvalue weighted by Crippen LogP contribution is 2.05. The predicted molar refractivity (Wildman–Crippen MR) is 63.3 cm³/mol. The summed E-state index contributed by atoms with van der Waals surface area (Å²) in [6, 6.07) is 2.55. The quantitative estimate of drug-likeness (QED) is 0.830. The second-order valence-electron chi connectivity index (χ2n) is 3.93. The van der Waals surface area contributed by atoms with Crippen molar-refractivity contribution in [2.45, 2.75) is 13.5 Å². The van der Waals surface area contributed by atoms with Crippen molar-refractivity contribution < 1.29 is 9.18 Å². The molecule has 5 nitrogen and oxygen atoms in total. The summed E-state index contributed by atoms with van der Waals surface area (Å²) < 4.78 is 14.3. The van der Waals surface area contributed by atoms with Gasteiger partial charge in [0.05, 0.1) is 11.8 Å². The number of nitrogens with zero attached hydrogens (tertiary/aromatic N) is 3. The number of amides is 1. The number of nitrogens with one attached hydrogen (secondary N) is 1. The average molecular weight is 248 g/mol. The fourth-order valence-corrected chi connectivity index (χ4v) is 1.51. The van der Waals surface area contributed by atoms with E-state index in [1.165, 1.54) is 12.3 Å². The molecule has 0 aliphatic heterocycles. The number of aromatic nitrogens is 3. The van der Waals surface area contributed by atoms with E-state index in [-0.39, 0.29) is 5.91 Å². The minimum absolute atomic E-state index is 0.286. The van der Waals surface area contributed by atoms with Gasteiger partial charge in [-0.2, -0.15) is 9.49 Å². The molecular weight excluding hydrogens is 235 g/mol. The summed E-state index contributed by atoms with van der Waals surface area (Å²) in [5.41, 5.74) is 2.27. The third-order valence-electron chi connectivity index (χ3n) is 2.77. The maximum Gasteiger partial charge on any atom is 0.253 e. The fourth-order valence-electron chi connectivity index (χ4n) is 1.51. The van der Waals surface area contributed by atoms with Gasteiger partial charge >= 0.3 is 0 Å². The molecule has 94 valence electrons. The van der Waals surface area contributed by atoms with E-state index in [2.05, 4.69) is 15.4 Å². The van der Waals surface area contributed by atoms with Crippen LogP contribution in [0.2, 0.25) is 0 Å². The van der Waals surface area contributed by atoms with E-state index in [1.807, 2.05) is 14.0 Å². The number of halogens is 1. The zero-order valence-electron chi connectivity index (χ0n) is 10.1. The van der Waals surface area contributed by atoms with Crippen molar-refractivity contribution in [1.29, 1.82) is 0 Å². The fraction of sp³-hybridized carbons (Fsp3) is 0.250. The lowest BCUT2D eigenvalue weighted by Crippen LogP contribution is -2.23. The molecule has 0 saturated heterocycles. The van der Waals surface area contributed by atoms with E-state index in [9.17, 15) is 9.18 Å². The molecule has 0 bridgehead atoms. The van der Waals surface area contributed by atoms with Crippen molar-refractivity contribution in [3.8, 4) is 0 Å². The Morgan fingerprint density at radius 2 is 2.22 bits per heavy atom. The van der Waals surface area contributed by atoms with Gasteiger partial charge in [-0.3, -0.25) is 9.48 Å². The zero-order valence-corrected chi connectivity index (χ0v) is 10.1. The number of hydrogen-bond donors (Lipinski definition) is 1. The Morgan fingerprint density at radius 1 is 1.44 bits per heavy atom. The zero-order chi connectivity index (χ0) is 13.1. The van der Waals surface area contributed by atoms with Gasteiger partial charge in [-0.25, -0.2) is 4.98 Å². The SMILES string of the molecule is Cc1c(CNC(=O)c2ccc(F)nc2)cnn1C. The molecule has 0 aromatic carbocycles. The average Bonchev–Trinajstić information content (AvgIpc) is 2.68. The van der Waals surface area contributed by atoms with E-state index in [0.29, 0.717) is 12.1 Å². The Morgan fingerprint density at radius 3 is 2.78 bits per heavy atom. The van der Waals surface area contributed by atoms with Crippen molar-refractivity contribution in [2.24, 2.45) is 7.05 Å². The summed E-state index contributed by atoms with van der Waals surface area (Å²) in [5.74, 6) is -0.889. The standard InChI is InChI=1S/C12H13FN4O/c1-8-10(7-16-17(8)2)6-15-12(18)9-3-4-11(13)14-5-9/h3-5,7H,6H2,1-2H3,(H,15,18). The van der Waals surface area contributed by atoms with Crippen LogP contribution in [-0.2, 0) is 13.6 Å². The van der Waals surface area contributed by atoms with Crippen LogP contribution in [0.5, 0.6) is 0 Å². The Bertz CT molecular complexity index is 562. The number of carbonyl (C=O) groups excluding carboxylic acids is 1. The molecule has 0 spiro atoms. The molecule has 0 aliphatic carbocycles. The van der Waals surface area contributed by atoms with E-state index in [0.717, 1.165) is 17.3 Å². The molecule has 2 rings (SSSR count). The predicted octanol–water partition coefficient (Wildman–Crippen LogP) is 1.19. The lowest BCUT2D eigenvalue weighted by atomic mass is 10.2. The van der Waals surface area contributed by atoms with Crippen LogP contribution in [0.15, 0.2) is 24.5 Å². The van der Waals surface area contributed by atoms with Gasteiger partial charge in [0.25, 0.3) is 5.91 Å². The highest BCUT2D eigenvalue weighted by Gasteiger charge is 2.08. The second kappa shape index (κ2) is 4.95. The first kappa shape index (κ1) is 12.2. The molecule has 2 aromatic heterocycles. The molecule has 1 N–H and O–H groups in total. The largest absolute Gasteiger partial charge is 0.348 e. The number of pyridine rings is 1. The third-order valence-corrected chi connectivity index (χ3v) is 2.77. The number of aryl methyl sites for hydroxylation is 1. The maximum absolute atomic E-state index is 12.6. The van der Waals surface area contributed by atoms with Crippen molar-refractivity contribution in [2.75, 3.05) is 0 Å². The van der Waals surface area contributed by atoms with E-state index < -0.39 is 5.95 Å². The Hall–Kier alpha value is -2.24. The lowest BCUT2D eigenvalue weighted by Gasteiger charge is -2.04. The van der Waals surface area contributed by atoms with Crippen LogP contribution in [-0.4, -0.2) is 20.7 Å². The van der Waals surface area contributed by atoms with Gasteiger partial charge in [-0.05, 0) is 19.1 Å². The maximum atomic E-state index is 12.6. The van der Waals surface area contributed by atoms with Gasteiger partial charge < -0.3 is 5.32 Å². The number of hydrogen-bond acceptors (Lipinski definition) is 3. The van der Waals surface area contributed by atoms with Gasteiger partial charge in [0.15, 0.2) is 0 Å². The molecule has 0 radical (unpaired) electrons. The van der Waals surface area contributed by atoms with Crippen molar-refractivity contribution >= 4 is 5.91 Å². The third kappa shape index (κ3) is 2.53. The Kier molecular flexibility index (Phi) is 3.36. The highest BCUT2D eigenvalue weighted by molar-refractivity contribution is 5.93. The Balaban J connectivity index is 2.00. The van der Waals surface area contributed by atoms with Crippen LogP contribution in [0.3, 0.4) is 0 Å². The van der Waals surface area contributed by atoms with Crippen LogP contribution in [0, 0.1) is 12.9 Å². The second-order valence-corrected chi connectivity index (χ2v) is 3.93. The van der Waals surface area contributed by atoms with Gasteiger partial charge in [-0.1, -0.05) is 0 Å². The molecule has 0 atom stereocenters. The summed E-state index contributed by atoms with van der Waals surface area (Å²) in [4.78, 5) is 15.2. The topological polar surface area (TPSA) is 59.8 Å². The number of rotatable bonds is 3. The first-order valence-corrected chi connectivity index (χ1v) is 5.45. The van der Waals surface area contributed by atoms with Gasteiger partial charge in [0, 0.05) is 31.0 Å². The van der Waals surface area contributed by atoms with Crippen molar-refractivity contribution in [3.63, 3.8) is 0 Å². The molecule has 0 aliphatic rings. The summed E-state index contributed by atoms with van der Waals surface area (Å²) in [6.45, 7) is 2.31. The molecule has 0 unspecified atom stereocenters. The molecule has 6 heteroatoms. The molecule has 2 heterocycles. The van der Waals surface area contributed by atoms with E-state index >= 15 is 0 Å². The molecule has 0 fully saturated rings. The van der Waals surface area contributed by atoms with E-state index in [1.54, 1.807) is 10.9 Å². The first-order chi connectivity index (χ1) is 8.58. The van der Waals surface area contributed by atoms with Crippen LogP contribution >= 0.6 is 0 Å². The van der Waals surface area contributed by atoms with Gasteiger partial charge in [-0.15, -0.1) is 0 Å². The Labute approximate surface area is 104 Å². The van der Waals surface area contributed by atoms with Gasteiger partial charge in [0.2, 0.25) is 5.95 Å². The van der Waals surface area contributed by atoms with Gasteiger partial charge in [0.1, 0.15) is 0 Å². The van der Waals surface area contributed by atoms with Crippen LogP contribution in [0.25, 0.3) is 0 Å². The summed E-state index contributed by atoms with van der Waals surface area (Å²) in [5, 5.41) is 6.82. The molecule has 18 heavy (non-hydrogen) atoms. The number of carbonyl (C=O) groups is 1. The summed E-state index contributed by atoms with van der Waals surface area (Å²) in [7, 11) is 1.84. The first-order valence-electron chi connectivity index (χ1n) is 5.45. The lowest BCUT2D eigenvalue weighted by molar-refractivity contribution is 0.0950.